The Bertz CT molecular complexity index is 972. The summed E-state index contributed by atoms with van der Waals surface area (Å²) in [5, 5.41) is 17.5. The molecule has 0 heterocycles. The second kappa shape index (κ2) is 15.8. The normalized spacial score (nSPS) is 9.66. The van der Waals surface area contributed by atoms with Crippen LogP contribution in [0, 0.1) is 10.8 Å². The summed E-state index contributed by atoms with van der Waals surface area (Å²) in [4.78, 5) is 10.0. The third-order valence-electron chi connectivity index (χ3n) is 4.14. The Balaban J connectivity index is 0.000000555. The van der Waals surface area contributed by atoms with E-state index in [2.05, 4.69) is 9.95 Å². The van der Waals surface area contributed by atoms with Gasteiger partial charge in [-0.1, -0.05) is 0 Å². The van der Waals surface area contributed by atoms with Gasteiger partial charge in [0, 0.05) is 40.3 Å². The van der Waals surface area contributed by atoms with Crippen LogP contribution in [-0.4, -0.2) is 56.6 Å². The number of anilines is 2. The number of diazo groups is 2. The van der Waals surface area contributed by atoms with Gasteiger partial charge in [-0.25, -0.2) is 0 Å². The van der Waals surface area contributed by atoms with Crippen molar-refractivity contribution in [3.05, 3.63) is 34.2 Å². The fourth-order valence-electron chi connectivity index (χ4n) is 2.59. The molecule has 2 aromatic rings. The minimum atomic E-state index is -3.36. The van der Waals surface area contributed by atoms with E-state index >= 15 is 0 Å². The number of halogens is 4. The average Bonchev–Trinajstić information content (AvgIpc) is 2.81. The molecule has 0 radical (unpaired) electrons. The molecule has 0 atom stereocenters. The standard InChI is InChI=1S/2C10H14N3O2.4ClH.Zn/c2*1-13(2)8-6-9(14-3)7(12-11)5-10(8)15-4;;;;;/h2*5-6H,1-4H3;4*1H;/q2*+1;;;;;+2/p-4. The zero-order valence-corrected chi connectivity index (χ0v) is 26.8. The molecular formula is C20H28Cl4N6O4Zn. The fourth-order valence-corrected chi connectivity index (χ4v) is 2.59. The maximum absolute atomic E-state index is 8.77. The van der Waals surface area contributed by atoms with E-state index in [-0.39, 0.29) is 0 Å². The van der Waals surface area contributed by atoms with Gasteiger partial charge in [0.15, 0.2) is 21.5 Å². The van der Waals surface area contributed by atoms with Crippen molar-refractivity contribution in [2.24, 2.45) is 0 Å². The van der Waals surface area contributed by atoms with Crippen LogP contribution >= 0.6 is 38.8 Å². The van der Waals surface area contributed by atoms with Gasteiger partial charge >= 0.3 is 61.0 Å². The SMILES string of the molecule is COc1cc(N(C)C)c(OC)cc1[N+]#N.COc1cc(N(C)C)c(OC)cc1[N+]#N.[Cl][Zn-2]([Cl])([Cl])[Cl]. The number of hydrogen-bond acceptors (Lipinski definition) is 8. The van der Waals surface area contributed by atoms with Gasteiger partial charge in [0.2, 0.25) is 22.3 Å². The summed E-state index contributed by atoms with van der Waals surface area (Å²) in [5.74, 6) is 2.27. The molecule has 0 fully saturated rings. The first-order chi connectivity index (χ1) is 16.3. The van der Waals surface area contributed by atoms with Crippen LogP contribution in [0.3, 0.4) is 0 Å². The number of hydrogen-bond donors (Lipinski definition) is 0. The molecular weight excluding hydrogens is 595 g/mol. The predicted molar refractivity (Wildman–Crippen MR) is 141 cm³/mol. The molecule has 10 nitrogen and oxygen atoms in total. The Morgan fingerprint density at radius 1 is 0.600 bits per heavy atom. The minimum absolute atomic E-state index is 0.347. The fraction of sp³-hybridized carbons (Fsp3) is 0.400. The van der Waals surface area contributed by atoms with Gasteiger partial charge in [-0.15, -0.1) is 0 Å². The number of ether oxygens (including phenoxy) is 4. The van der Waals surface area contributed by atoms with E-state index in [0.717, 1.165) is 11.4 Å². The van der Waals surface area contributed by atoms with Crippen LogP contribution in [0.25, 0.3) is 9.95 Å². The molecule has 0 aromatic heterocycles. The zero-order valence-electron chi connectivity index (χ0n) is 20.8. The Morgan fingerprint density at radius 2 is 0.857 bits per heavy atom. The predicted octanol–water partition coefficient (Wildman–Crippen LogP) is 7.26. The first kappa shape index (κ1) is 32.9. The summed E-state index contributed by atoms with van der Waals surface area (Å²) >= 11 is 0. The van der Waals surface area contributed by atoms with Crippen molar-refractivity contribution in [2.45, 2.75) is 0 Å². The van der Waals surface area contributed by atoms with Gasteiger partial charge in [0.1, 0.15) is 0 Å². The van der Waals surface area contributed by atoms with Crippen LogP contribution in [0.2, 0.25) is 0 Å². The van der Waals surface area contributed by atoms with Gasteiger partial charge in [-0.05, 0) is 0 Å². The summed E-state index contributed by atoms with van der Waals surface area (Å²) in [5.41, 5.74) is 2.42. The number of nitrogens with zero attached hydrogens (tertiary/aromatic N) is 6. The topological polar surface area (TPSA) is 99.7 Å². The molecule has 192 valence electrons. The second-order valence-corrected chi connectivity index (χ2v) is 34.7. The molecule has 15 heteroatoms. The van der Waals surface area contributed by atoms with Crippen LogP contribution in [0.1, 0.15) is 0 Å². The molecule has 0 aliphatic rings. The van der Waals surface area contributed by atoms with Crippen molar-refractivity contribution in [2.75, 3.05) is 66.4 Å². The zero-order chi connectivity index (χ0) is 27.3. The third kappa shape index (κ3) is 11.4. The molecule has 2 rings (SSSR count). The molecule has 0 bridgehead atoms. The molecule has 0 aliphatic heterocycles. The van der Waals surface area contributed by atoms with Gasteiger partial charge in [0.05, 0.1) is 51.9 Å². The summed E-state index contributed by atoms with van der Waals surface area (Å²) in [6.45, 7) is 0. The number of benzene rings is 2. The van der Waals surface area contributed by atoms with E-state index in [4.69, 9.17) is 68.5 Å². The van der Waals surface area contributed by atoms with Crippen LogP contribution in [-0.2, 0) is 10.8 Å². The van der Waals surface area contributed by atoms with Gasteiger partial charge in [-0.2, -0.15) is 0 Å². The maximum atomic E-state index is 8.77. The van der Waals surface area contributed by atoms with Gasteiger partial charge < -0.3 is 28.7 Å². The molecule has 2 aromatic carbocycles. The summed E-state index contributed by atoms with van der Waals surface area (Å²) in [7, 11) is 30.6. The summed E-state index contributed by atoms with van der Waals surface area (Å²) < 4.78 is 20.5. The molecule has 35 heavy (non-hydrogen) atoms. The van der Waals surface area contributed by atoms with Crippen molar-refractivity contribution in [1.29, 1.82) is 10.8 Å². The number of rotatable bonds is 6. The Labute approximate surface area is 224 Å². The van der Waals surface area contributed by atoms with Crippen molar-refractivity contribution >= 4 is 61.5 Å². The first-order valence-electron chi connectivity index (χ1n) is 9.91. The van der Waals surface area contributed by atoms with E-state index < -0.39 is 10.8 Å². The Hall–Kier alpha value is -2.14. The van der Waals surface area contributed by atoms with Crippen LogP contribution in [0.4, 0.5) is 22.7 Å². The first-order valence-corrected chi connectivity index (χ1v) is 25.5. The number of methoxy groups -OCH3 is 4. The molecule has 0 unspecified atom stereocenters. The van der Waals surface area contributed by atoms with Gasteiger partial charge in [0.25, 0.3) is 0 Å². The van der Waals surface area contributed by atoms with E-state index in [1.807, 2.05) is 38.0 Å². The molecule has 0 amide bonds. The van der Waals surface area contributed by atoms with Crippen molar-refractivity contribution in [3.63, 3.8) is 0 Å². The summed E-state index contributed by atoms with van der Waals surface area (Å²) in [6, 6.07) is 6.75. The van der Waals surface area contributed by atoms with Crippen molar-refractivity contribution in [3.8, 4) is 23.0 Å². The van der Waals surface area contributed by atoms with E-state index in [0.29, 0.717) is 34.4 Å². The monoisotopic (exact) mass is 620 g/mol. The average molecular weight is 624 g/mol. The van der Waals surface area contributed by atoms with E-state index in [1.54, 1.807) is 38.5 Å². The molecule has 0 saturated heterocycles. The summed E-state index contributed by atoms with van der Waals surface area (Å²) in [6.07, 6.45) is 0. The quantitative estimate of drug-likeness (QED) is 0.245. The Morgan fingerprint density at radius 3 is 1.03 bits per heavy atom. The second-order valence-electron chi connectivity index (χ2n) is 6.99. The third-order valence-corrected chi connectivity index (χ3v) is 4.14. The van der Waals surface area contributed by atoms with Crippen LogP contribution < -0.4 is 28.7 Å². The van der Waals surface area contributed by atoms with Crippen LogP contribution in [0.15, 0.2) is 24.3 Å². The van der Waals surface area contributed by atoms with Crippen molar-refractivity contribution < 1.29 is 29.8 Å². The van der Waals surface area contributed by atoms with Crippen LogP contribution in [0.5, 0.6) is 23.0 Å². The molecule has 0 aliphatic carbocycles. The van der Waals surface area contributed by atoms with Crippen molar-refractivity contribution in [1.82, 2.24) is 0 Å². The van der Waals surface area contributed by atoms with Gasteiger partial charge in [-0.3, -0.25) is 0 Å². The molecule has 0 saturated carbocycles. The molecule has 0 N–H and O–H groups in total. The van der Waals surface area contributed by atoms with E-state index in [9.17, 15) is 0 Å². The molecule has 0 spiro atoms. The Kier molecular flexibility index (Phi) is 14.8. The van der Waals surface area contributed by atoms with E-state index in [1.165, 1.54) is 14.2 Å².